The first-order valence-corrected chi connectivity index (χ1v) is 5.92. The smallest absolute Gasteiger partial charge is 0.431 e. The minimum absolute atomic E-state index is 0.0124. The fourth-order valence-corrected chi connectivity index (χ4v) is 1.22. The van der Waals surface area contributed by atoms with Gasteiger partial charge >= 0.3 is 6.16 Å². The number of hydrogen-bond acceptors (Lipinski definition) is 3. The summed E-state index contributed by atoms with van der Waals surface area (Å²) in [5, 5.41) is 0. The zero-order chi connectivity index (χ0) is 11.8. The van der Waals surface area contributed by atoms with Gasteiger partial charge in [-0.05, 0) is 25.7 Å². The fraction of sp³-hybridized carbons (Fsp3) is 0.917. The molecule has 3 nitrogen and oxygen atoms in total. The molecule has 0 amide bonds. The van der Waals surface area contributed by atoms with Crippen molar-refractivity contribution in [1.29, 1.82) is 0 Å². The van der Waals surface area contributed by atoms with Crippen LogP contribution in [0.5, 0.6) is 0 Å². The molecular formula is C12H24O3. The molecule has 0 saturated heterocycles. The summed E-state index contributed by atoms with van der Waals surface area (Å²) in [6.07, 6.45) is 2.06. The molecule has 0 bridgehead atoms. The fourth-order valence-electron chi connectivity index (χ4n) is 1.22. The lowest BCUT2D eigenvalue weighted by Crippen LogP contribution is -2.25. The molecule has 3 heteroatoms. The monoisotopic (exact) mass is 216 g/mol. The second kappa shape index (κ2) is 7.55. The number of ether oxygens (including phenoxy) is 2. The highest BCUT2D eigenvalue weighted by Gasteiger charge is 2.18. The third kappa shape index (κ3) is 5.65. The molecule has 0 N–H and O–H groups in total. The van der Waals surface area contributed by atoms with Crippen LogP contribution in [0.4, 0.5) is 4.79 Å². The molecule has 0 spiro atoms. The van der Waals surface area contributed by atoms with Gasteiger partial charge in [0, 0.05) is 0 Å². The summed E-state index contributed by atoms with van der Waals surface area (Å²) in [5.41, 5.74) is 0. The molecule has 0 aliphatic rings. The summed E-state index contributed by atoms with van der Waals surface area (Å²) in [4.78, 5) is 11.4. The van der Waals surface area contributed by atoms with Crippen LogP contribution in [0.15, 0.2) is 0 Å². The Morgan fingerprint density at radius 1 is 1.00 bits per heavy atom. The van der Waals surface area contributed by atoms with Crippen molar-refractivity contribution in [3.8, 4) is 0 Å². The van der Waals surface area contributed by atoms with Crippen molar-refractivity contribution in [2.24, 2.45) is 5.92 Å². The zero-order valence-electron chi connectivity index (χ0n) is 10.6. The van der Waals surface area contributed by atoms with Gasteiger partial charge in [-0.1, -0.05) is 34.1 Å². The van der Waals surface area contributed by atoms with E-state index in [1.54, 1.807) is 0 Å². The van der Waals surface area contributed by atoms with Gasteiger partial charge in [0.1, 0.15) is 12.2 Å². The van der Waals surface area contributed by atoms with Crippen LogP contribution in [0.25, 0.3) is 0 Å². The van der Waals surface area contributed by atoms with Gasteiger partial charge in [-0.2, -0.15) is 0 Å². The van der Waals surface area contributed by atoms with E-state index in [-0.39, 0.29) is 12.2 Å². The summed E-state index contributed by atoms with van der Waals surface area (Å²) in [7, 11) is 0. The van der Waals surface area contributed by atoms with Crippen molar-refractivity contribution >= 4 is 6.16 Å². The van der Waals surface area contributed by atoms with Crippen LogP contribution in [0.3, 0.4) is 0 Å². The standard InChI is InChI=1S/C12H24O3/c1-6-9(4)10(5)14-12(13)15-11(7-2)8-3/h9-11H,6-8H2,1-5H3. The minimum Gasteiger partial charge on any atom is -0.431 e. The molecule has 0 aliphatic carbocycles. The lowest BCUT2D eigenvalue weighted by atomic mass is 10.0. The Balaban J connectivity index is 3.92. The Bertz CT molecular complexity index is 176. The van der Waals surface area contributed by atoms with Crippen LogP contribution in [0.1, 0.15) is 53.9 Å². The molecule has 15 heavy (non-hydrogen) atoms. The van der Waals surface area contributed by atoms with E-state index in [1.807, 2.05) is 20.8 Å². The molecule has 0 heterocycles. The summed E-state index contributed by atoms with van der Waals surface area (Å²) in [6.45, 7) is 10.0. The van der Waals surface area contributed by atoms with Gasteiger partial charge in [-0.25, -0.2) is 4.79 Å². The third-order valence-electron chi connectivity index (χ3n) is 2.90. The highest BCUT2D eigenvalue weighted by Crippen LogP contribution is 2.13. The molecule has 0 aliphatic heterocycles. The lowest BCUT2D eigenvalue weighted by molar-refractivity contribution is -0.0123. The molecule has 2 unspecified atom stereocenters. The highest BCUT2D eigenvalue weighted by atomic mass is 16.7. The van der Waals surface area contributed by atoms with Crippen molar-refractivity contribution in [2.45, 2.75) is 66.1 Å². The predicted octanol–water partition coefficient (Wildman–Crippen LogP) is 3.76. The van der Waals surface area contributed by atoms with Crippen molar-refractivity contribution in [3.05, 3.63) is 0 Å². The third-order valence-corrected chi connectivity index (χ3v) is 2.90. The second-order valence-corrected chi connectivity index (χ2v) is 4.01. The summed E-state index contributed by atoms with van der Waals surface area (Å²) >= 11 is 0. The van der Waals surface area contributed by atoms with Crippen LogP contribution < -0.4 is 0 Å². The van der Waals surface area contributed by atoms with E-state index in [4.69, 9.17) is 9.47 Å². The van der Waals surface area contributed by atoms with E-state index >= 15 is 0 Å². The zero-order valence-corrected chi connectivity index (χ0v) is 10.6. The van der Waals surface area contributed by atoms with Crippen molar-refractivity contribution < 1.29 is 14.3 Å². The normalized spacial score (nSPS) is 14.8. The summed E-state index contributed by atoms with van der Waals surface area (Å²) in [5.74, 6) is 0.374. The van der Waals surface area contributed by atoms with Gasteiger partial charge < -0.3 is 9.47 Å². The van der Waals surface area contributed by atoms with Crippen LogP contribution in [-0.4, -0.2) is 18.4 Å². The van der Waals surface area contributed by atoms with Crippen molar-refractivity contribution in [1.82, 2.24) is 0 Å². The quantitative estimate of drug-likeness (QED) is 0.634. The molecule has 2 atom stereocenters. The molecule has 0 fully saturated rings. The highest BCUT2D eigenvalue weighted by molar-refractivity contribution is 5.60. The van der Waals surface area contributed by atoms with Gasteiger partial charge in [0.2, 0.25) is 0 Å². The number of carbonyl (C=O) groups excluding carboxylic acids is 1. The second-order valence-electron chi connectivity index (χ2n) is 4.01. The first-order valence-electron chi connectivity index (χ1n) is 5.92. The van der Waals surface area contributed by atoms with E-state index in [0.717, 1.165) is 19.3 Å². The SMILES string of the molecule is CCC(CC)OC(=O)OC(C)C(C)CC. The molecular weight excluding hydrogens is 192 g/mol. The molecule has 0 rings (SSSR count). The van der Waals surface area contributed by atoms with Gasteiger partial charge in [0.15, 0.2) is 0 Å². The van der Waals surface area contributed by atoms with Gasteiger partial charge in [-0.3, -0.25) is 0 Å². The van der Waals surface area contributed by atoms with Crippen LogP contribution in [0, 0.1) is 5.92 Å². The van der Waals surface area contributed by atoms with Crippen molar-refractivity contribution in [2.75, 3.05) is 0 Å². The number of carbonyl (C=O) groups is 1. The average molecular weight is 216 g/mol. The van der Waals surface area contributed by atoms with Crippen LogP contribution in [0.2, 0.25) is 0 Å². The maximum atomic E-state index is 11.4. The first kappa shape index (κ1) is 14.3. The van der Waals surface area contributed by atoms with Crippen LogP contribution >= 0.6 is 0 Å². The summed E-state index contributed by atoms with van der Waals surface area (Å²) in [6, 6.07) is 0. The molecule has 90 valence electrons. The number of rotatable bonds is 6. The molecule has 0 saturated carbocycles. The van der Waals surface area contributed by atoms with E-state index in [0.29, 0.717) is 5.92 Å². The molecule has 0 aromatic carbocycles. The maximum absolute atomic E-state index is 11.4. The van der Waals surface area contributed by atoms with E-state index in [2.05, 4.69) is 13.8 Å². The minimum atomic E-state index is -0.531. The van der Waals surface area contributed by atoms with E-state index in [1.165, 1.54) is 0 Å². The topological polar surface area (TPSA) is 35.5 Å². The molecule has 0 radical (unpaired) electrons. The first-order chi connectivity index (χ1) is 7.04. The Labute approximate surface area is 93.1 Å². The van der Waals surface area contributed by atoms with Gasteiger partial charge in [0.25, 0.3) is 0 Å². The lowest BCUT2D eigenvalue weighted by Gasteiger charge is -2.20. The number of hydrogen-bond donors (Lipinski definition) is 0. The van der Waals surface area contributed by atoms with E-state index < -0.39 is 6.16 Å². The average Bonchev–Trinajstić information content (AvgIpc) is 2.24. The predicted molar refractivity (Wildman–Crippen MR) is 60.9 cm³/mol. The van der Waals surface area contributed by atoms with E-state index in [9.17, 15) is 4.79 Å². The van der Waals surface area contributed by atoms with Gasteiger partial charge in [0.05, 0.1) is 0 Å². The van der Waals surface area contributed by atoms with Gasteiger partial charge in [-0.15, -0.1) is 0 Å². The Morgan fingerprint density at radius 3 is 1.93 bits per heavy atom. The van der Waals surface area contributed by atoms with Crippen LogP contribution in [-0.2, 0) is 9.47 Å². The molecule has 0 aromatic heterocycles. The Hall–Kier alpha value is -0.730. The maximum Gasteiger partial charge on any atom is 0.508 e. The van der Waals surface area contributed by atoms with Crippen molar-refractivity contribution in [3.63, 3.8) is 0 Å². The molecule has 0 aromatic rings. The Morgan fingerprint density at radius 2 is 1.53 bits per heavy atom. The summed E-state index contributed by atoms with van der Waals surface area (Å²) < 4.78 is 10.3. The largest absolute Gasteiger partial charge is 0.508 e. The Kier molecular flexibility index (Phi) is 7.18.